The van der Waals surface area contributed by atoms with Gasteiger partial charge < -0.3 is 18.0 Å². The average molecular weight is 893 g/mol. The van der Waals surface area contributed by atoms with Gasteiger partial charge in [-0.25, -0.2) is 0 Å². The minimum atomic E-state index is 0.878. The monoisotopic (exact) mass is 892 g/mol. The Hall–Kier alpha value is -9.38. The van der Waals surface area contributed by atoms with E-state index in [1.807, 2.05) is 24.3 Å². The summed E-state index contributed by atoms with van der Waals surface area (Å²) in [4.78, 5) is 0. The van der Waals surface area contributed by atoms with Gasteiger partial charge in [0.05, 0.1) is 22.1 Å². The molecule has 0 radical (unpaired) electrons. The molecule has 11 aromatic carbocycles. The lowest BCUT2D eigenvalue weighted by Gasteiger charge is -2.12. The van der Waals surface area contributed by atoms with Crippen molar-refractivity contribution in [1.82, 2.24) is 9.13 Å². The first-order valence-corrected chi connectivity index (χ1v) is 23.9. The van der Waals surface area contributed by atoms with E-state index in [1.165, 1.54) is 54.8 Å². The van der Waals surface area contributed by atoms with Crippen molar-refractivity contribution in [2.75, 3.05) is 0 Å². The van der Waals surface area contributed by atoms with Gasteiger partial charge in [0, 0.05) is 54.5 Å². The van der Waals surface area contributed by atoms with E-state index in [2.05, 4.69) is 228 Å². The van der Waals surface area contributed by atoms with Crippen LogP contribution in [0.5, 0.6) is 0 Å². The van der Waals surface area contributed by atoms with Crippen molar-refractivity contribution in [2.24, 2.45) is 0 Å². The van der Waals surface area contributed by atoms with Crippen molar-refractivity contribution in [2.45, 2.75) is 0 Å². The summed E-state index contributed by atoms with van der Waals surface area (Å²) < 4.78 is 17.8. The second-order valence-electron chi connectivity index (χ2n) is 18.4. The number of benzene rings is 11. The van der Waals surface area contributed by atoms with E-state index in [9.17, 15) is 0 Å². The summed E-state index contributed by atoms with van der Waals surface area (Å²) in [6.45, 7) is 0. The van der Waals surface area contributed by atoms with Gasteiger partial charge in [0.25, 0.3) is 0 Å². The summed E-state index contributed by atoms with van der Waals surface area (Å²) in [5.41, 5.74) is 19.6. The maximum absolute atomic E-state index is 6.48. The highest BCUT2D eigenvalue weighted by Crippen LogP contribution is 2.45. The van der Waals surface area contributed by atoms with Gasteiger partial charge in [-0.05, 0) is 142 Å². The van der Waals surface area contributed by atoms with Crippen molar-refractivity contribution in [3.05, 3.63) is 243 Å². The normalized spacial score (nSPS) is 12.0. The number of hydrogen-bond donors (Lipinski definition) is 0. The lowest BCUT2D eigenvalue weighted by Crippen LogP contribution is -1.97. The third-order valence-electron chi connectivity index (χ3n) is 14.5. The molecule has 326 valence electrons. The van der Waals surface area contributed by atoms with Gasteiger partial charge in [-0.2, -0.15) is 0 Å². The van der Waals surface area contributed by atoms with E-state index in [0.717, 1.165) is 88.5 Å². The summed E-state index contributed by atoms with van der Waals surface area (Å²) in [6, 6.07) is 87.6. The molecule has 4 heteroatoms. The molecule has 0 atom stereocenters. The smallest absolute Gasteiger partial charge is 0.136 e. The van der Waals surface area contributed by atoms with E-state index in [-0.39, 0.29) is 0 Å². The number of fused-ring (bicyclic) bond motifs is 12. The van der Waals surface area contributed by atoms with Crippen LogP contribution in [0.1, 0.15) is 0 Å². The Bertz CT molecular complexity index is 4300. The molecule has 0 aliphatic heterocycles. The van der Waals surface area contributed by atoms with Crippen LogP contribution in [0.4, 0.5) is 0 Å². The van der Waals surface area contributed by atoms with Gasteiger partial charge >= 0.3 is 0 Å². The quantitative estimate of drug-likeness (QED) is 0.167. The van der Waals surface area contributed by atoms with Gasteiger partial charge in [-0.15, -0.1) is 0 Å². The molecule has 4 heterocycles. The zero-order valence-corrected chi connectivity index (χ0v) is 37.8. The Labute approximate surface area is 402 Å². The van der Waals surface area contributed by atoms with Crippen LogP contribution in [0.25, 0.3) is 143 Å². The maximum atomic E-state index is 6.48. The number of para-hydroxylation sites is 2. The summed E-state index contributed by atoms with van der Waals surface area (Å²) >= 11 is 0. The second-order valence-corrected chi connectivity index (χ2v) is 18.4. The van der Waals surface area contributed by atoms with Crippen molar-refractivity contribution >= 4 is 87.5 Å². The highest BCUT2D eigenvalue weighted by molar-refractivity contribution is 6.22. The topological polar surface area (TPSA) is 36.1 Å². The molecule has 70 heavy (non-hydrogen) atoms. The van der Waals surface area contributed by atoms with Crippen LogP contribution in [-0.2, 0) is 0 Å². The molecule has 4 nitrogen and oxygen atoms in total. The molecular weight excluding hydrogens is 853 g/mol. The first-order valence-electron chi connectivity index (χ1n) is 23.9. The van der Waals surface area contributed by atoms with E-state index in [0.29, 0.717) is 0 Å². The molecule has 15 aromatic rings. The zero-order chi connectivity index (χ0) is 45.9. The third-order valence-corrected chi connectivity index (χ3v) is 14.5. The van der Waals surface area contributed by atoms with Crippen molar-refractivity contribution in [1.29, 1.82) is 0 Å². The van der Waals surface area contributed by atoms with Gasteiger partial charge in [-0.3, -0.25) is 0 Å². The fraction of sp³-hybridized carbons (Fsp3) is 0. The summed E-state index contributed by atoms with van der Waals surface area (Å²) in [5, 5.41) is 9.30. The average Bonchev–Trinajstić information content (AvgIpc) is 4.18. The number of rotatable bonds is 6. The lowest BCUT2D eigenvalue weighted by atomic mass is 9.94. The number of aromatic nitrogens is 2. The van der Waals surface area contributed by atoms with E-state index >= 15 is 0 Å². The van der Waals surface area contributed by atoms with Crippen LogP contribution in [0.3, 0.4) is 0 Å². The van der Waals surface area contributed by atoms with Crippen LogP contribution >= 0.6 is 0 Å². The molecule has 0 amide bonds. The molecule has 15 rings (SSSR count). The van der Waals surface area contributed by atoms with Gasteiger partial charge in [0.15, 0.2) is 0 Å². The van der Waals surface area contributed by atoms with Crippen LogP contribution in [0, 0.1) is 0 Å². The Kier molecular flexibility index (Phi) is 8.33. The molecule has 0 saturated carbocycles. The molecule has 0 fully saturated rings. The summed E-state index contributed by atoms with van der Waals surface area (Å²) in [6.07, 6.45) is 0. The van der Waals surface area contributed by atoms with Gasteiger partial charge in [0.1, 0.15) is 22.3 Å². The summed E-state index contributed by atoms with van der Waals surface area (Å²) in [7, 11) is 0. The molecule has 0 bridgehead atoms. The zero-order valence-electron chi connectivity index (χ0n) is 37.8. The molecule has 0 saturated heterocycles. The standard InChI is InChI=1S/C66H40N2O2/c1-3-13-41(14-4-1)43-27-35-57-55(37-43)56-38-44(42-15-5-2-6-16-42)28-36-58(56)67(57)47-29-31-48(32-30-47)68-59-21-11-19-49(45-25-33-53-51-17-7-9-23-61(51)69-63(53)39-45)65(59)66-50(20-12-22-60(66)68)46-26-34-54-52-18-8-10-24-62(52)70-64(54)40-46/h1-40H. The molecular formula is C66H40N2O2. The van der Waals surface area contributed by atoms with Crippen LogP contribution in [0.15, 0.2) is 251 Å². The van der Waals surface area contributed by atoms with Gasteiger partial charge in [-0.1, -0.05) is 146 Å². The first-order chi connectivity index (χ1) is 34.7. The molecule has 0 N–H and O–H groups in total. The first kappa shape index (κ1) is 38.7. The predicted octanol–water partition coefficient (Wildman–Crippen LogP) is 18.3. The minimum Gasteiger partial charge on any atom is -0.456 e. The fourth-order valence-electron chi connectivity index (χ4n) is 11.3. The number of furan rings is 2. The minimum absolute atomic E-state index is 0.878. The number of nitrogens with zero attached hydrogens (tertiary/aromatic N) is 2. The molecule has 0 unspecified atom stereocenters. The molecule has 0 aliphatic rings. The van der Waals surface area contributed by atoms with Crippen LogP contribution < -0.4 is 0 Å². The SMILES string of the molecule is c1ccc(-c2ccc3c(c2)c2cc(-c4ccccc4)ccc2n3-c2ccc(-n3c4cccc(-c5ccc6c(c5)oc5ccccc56)c4c4c(-c5ccc6c(c5)oc5ccccc56)cccc43)cc2)cc1. The van der Waals surface area contributed by atoms with Crippen molar-refractivity contribution < 1.29 is 8.83 Å². The largest absolute Gasteiger partial charge is 0.456 e. The van der Waals surface area contributed by atoms with Crippen LogP contribution in [-0.4, -0.2) is 9.13 Å². The van der Waals surface area contributed by atoms with Crippen molar-refractivity contribution in [3.63, 3.8) is 0 Å². The lowest BCUT2D eigenvalue weighted by molar-refractivity contribution is 0.668. The Balaban J connectivity index is 0.937. The van der Waals surface area contributed by atoms with Gasteiger partial charge in [0.2, 0.25) is 0 Å². The van der Waals surface area contributed by atoms with E-state index in [4.69, 9.17) is 8.83 Å². The van der Waals surface area contributed by atoms with Crippen molar-refractivity contribution in [3.8, 4) is 55.9 Å². The predicted molar refractivity (Wildman–Crippen MR) is 291 cm³/mol. The number of hydrogen-bond acceptors (Lipinski definition) is 2. The Morgan fingerprint density at radius 3 is 1.10 bits per heavy atom. The highest BCUT2D eigenvalue weighted by Gasteiger charge is 2.22. The molecule has 0 spiro atoms. The van der Waals surface area contributed by atoms with Crippen LogP contribution in [0.2, 0.25) is 0 Å². The fourth-order valence-corrected chi connectivity index (χ4v) is 11.3. The van der Waals surface area contributed by atoms with E-state index in [1.54, 1.807) is 0 Å². The Morgan fingerprint density at radius 1 is 0.229 bits per heavy atom. The third kappa shape index (κ3) is 5.84. The van der Waals surface area contributed by atoms with E-state index < -0.39 is 0 Å². The molecule has 0 aliphatic carbocycles. The Morgan fingerprint density at radius 2 is 0.629 bits per heavy atom. The summed E-state index contributed by atoms with van der Waals surface area (Å²) in [5.74, 6) is 0. The highest BCUT2D eigenvalue weighted by atomic mass is 16.3. The maximum Gasteiger partial charge on any atom is 0.136 e. The molecule has 4 aromatic heterocycles. The second kappa shape index (κ2) is 15.1.